The van der Waals surface area contributed by atoms with Gasteiger partial charge in [-0.25, -0.2) is 4.57 Å². The van der Waals surface area contributed by atoms with E-state index in [1.807, 2.05) is 0 Å². The Labute approximate surface area is 622 Å². The van der Waals surface area contributed by atoms with E-state index in [1.165, 1.54) is 180 Å². The third-order valence-corrected chi connectivity index (χ3v) is 18.3. The van der Waals surface area contributed by atoms with Crippen molar-refractivity contribution in [1.82, 2.24) is 0 Å². The number of hydrogen-bond acceptors (Lipinski definition) is 8. The van der Waals surface area contributed by atoms with Gasteiger partial charge in [-0.2, -0.15) is 0 Å². The number of phosphoric ester groups is 1. The van der Waals surface area contributed by atoms with Gasteiger partial charge in [-0.1, -0.05) is 382 Å². The fourth-order valence-electron chi connectivity index (χ4n) is 11.3. The summed E-state index contributed by atoms with van der Waals surface area (Å²) in [6, 6.07) is 0. The maximum Gasteiger partial charge on any atom is 0.472 e. The molecule has 0 aromatic heterocycles. The molecule has 2 atom stereocenters. The minimum Gasteiger partial charge on any atom is -0.462 e. The quantitative estimate of drug-likeness (QED) is 0.0264. The lowest BCUT2D eigenvalue weighted by atomic mass is 10.0. The molecule has 0 fully saturated rings. The molecule has 0 saturated carbocycles. The smallest absolute Gasteiger partial charge is 0.462 e. The molecule has 0 aliphatic rings. The van der Waals surface area contributed by atoms with Gasteiger partial charge < -0.3 is 20.1 Å². The highest BCUT2D eigenvalue weighted by Gasteiger charge is 2.26. The summed E-state index contributed by atoms with van der Waals surface area (Å²) in [6.45, 7) is 3.54. The summed E-state index contributed by atoms with van der Waals surface area (Å²) < 4.78 is 33.3. The number of phosphoric acid groups is 1. The zero-order valence-electron chi connectivity index (χ0n) is 64.8. The topological polar surface area (TPSA) is 134 Å². The molecule has 2 unspecified atom stereocenters. The molecule has 0 bridgehead atoms. The van der Waals surface area contributed by atoms with Gasteiger partial charge in [0, 0.05) is 19.4 Å². The van der Waals surface area contributed by atoms with E-state index in [4.69, 9.17) is 24.3 Å². The van der Waals surface area contributed by atoms with Gasteiger partial charge in [0.05, 0.1) is 13.2 Å². The summed E-state index contributed by atoms with van der Waals surface area (Å²) in [6.07, 6.45) is 126. The summed E-state index contributed by atoms with van der Waals surface area (Å²) in [5.41, 5.74) is 5.42. The molecule has 0 radical (unpaired) electrons. The van der Waals surface area contributed by atoms with Gasteiger partial charge in [0.2, 0.25) is 0 Å². The molecule has 0 amide bonds. The van der Waals surface area contributed by atoms with E-state index in [0.29, 0.717) is 6.42 Å². The predicted molar refractivity (Wildman–Crippen MR) is 440 cm³/mol. The van der Waals surface area contributed by atoms with Crippen molar-refractivity contribution in [3.8, 4) is 0 Å². The van der Waals surface area contributed by atoms with Crippen LogP contribution in [0, 0.1) is 0 Å². The number of rotatable bonds is 76. The van der Waals surface area contributed by atoms with Crippen LogP contribution in [0.15, 0.2) is 182 Å². The summed E-state index contributed by atoms with van der Waals surface area (Å²) in [7, 11) is -4.41. The Morgan fingerprint density at radius 1 is 0.297 bits per heavy atom. The number of esters is 2. The number of allylic oxidation sites excluding steroid dienone is 30. The molecule has 0 spiro atoms. The Bertz CT molecular complexity index is 2330. The average Bonchev–Trinajstić information content (AvgIpc) is 1.01. The maximum absolute atomic E-state index is 12.8. The van der Waals surface area contributed by atoms with Crippen molar-refractivity contribution in [2.24, 2.45) is 5.73 Å². The van der Waals surface area contributed by atoms with Crippen LogP contribution in [0.1, 0.15) is 348 Å². The summed E-state index contributed by atoms with van der Waals surface area (Å²) in [5, 5.41) is 0. The maximum atomic E-state index is 12.8. The van der Waals surface area contributed by atoms with Crippen molar-refractivity contribution >= 4 is 19.8 Å². The minimum absolute atomic E-state index is 0.0482. The highest BCUT2D eigenvalue weighted by molar-refractivity contribution is 7.47. The molecular formula is C91H152NO8P. The third-order valence-electron chi connectivity index (χ3n) is 17.3. The van der Waals surface area contributed by atoms with Crippen molar-refractivity contribution in [2.75, 3.05) is 26.4 Å². The zero-order chi connectivity index (χ0) is 72.9. The molecule has 0 heterocycles. The lowest BCUT2D eigenvalue weighted by Crippen LogP contribution is -2.29. The molecule has 0 aromatic rings. The normalized spacial score (nSPS) is 13.8. The Kier molecular flexibility index (Phi) is 80.0. The number of nitrogens with two attached hydrogens (primary N) is 1. The number of carbonyl (C=O) groups is 2. The van der Waals surface area contributed by atoms with Crippen LogP contribution in [0.3, 0.4) is 0 Å². The first-order valence-corrected chi connectivity index (χ1v) is 42.8. The fourth-order valence-corrected chi connectivity index (χ4v) is 12.0. The van der Waals surface area contributed by atoms with Crippen LogP contribution in [0.25, 0.3) is 0 Å². The standard InChI is InChI=1S/C91H152NO8P/c1-3-5-7-9-11-13-15-17-19-21-23-25-27-29-31-33-35-37-39-41-43-44-46-47-49-51-53-55-57-59-61-63-65-67-69-71-73-75-77-79-81-83-90(93)97-87-89(88-99-101(95,96)98-86-85-92)100-91(94)84-82-80-78-76-74-72-70-68-66-64-62-60-58-56-54-52-50-48-45-42-40-38-36-34-32-30-28-26-24-22-20-18-16-14-12-10-8-6-4-2/h5-8,11-14,17-20,23-26,29-32,35-38,41-43,45,50,52,89H,3-4,9-10,15-16,21-22,27-28,33-34,39-40,44,46-49,51,53-88,92H2,1-2H3,(H,95,96)/b7-5-,8-6-,13-11-,14-12-,19-17-,20-18-,25-23-,26-24-,31-29-,32-30-,37-35-,38-36-,43-41-,45-42-,52-50-. The summed E-state index contributed by atoms with van der Waals surface area (Å²) in [5.74, 6) is -0.823. The van der Waals surface area contributed by atoms with Gasteiger partial charge in [0.15, 0.2) is 6.10 Å². The van der Waals surface area contributed by atoms with E-state index in [0.717, 1.165) is 135 Å². The molecule has 3 N–H and O–H groups in total. The van der Waals surface area contributed by atoms with Crippen molar-refractivity contribution in [1.29, 1.82) is 0 Å². The first-order valence-electron chi connectivity index (χ1n) is 41.3. The van der Waals surface area contributed by atoms with Crippen LogP contribution in [0.5, 0.6) is 0 Å². The Morgan fingerprint density at radius 3 is 0.762 bits per heavy atom. The molecule has 574 valence electrons. The molecule has 101 heavy (non-hydrogen) atoms. The molecule has 0 rings (SSSR count). The molecule has 10 heteroatoms. The van der Waals surface area contributed by atoms with Gasteiger partial charge in [-0.05, 0) is 135 Å². The number of ether oxygens (including phenoxy) is 2. The van der Waals surface area contributed by atoms with E-state index < -0.39 is 26.5 Å². The van der Waals surface area contributed by atoms with Gasteiger partial charge in [-0.15, -0.1) is 0 Å². The van der Waals surface area contributed by atoms with Crippen molar-refractivity contribution in [2.45, 2.75) is 354 Å². The molecule has 0 aliphatic heterocycles. The number of carbonyl (C=O) groups excluding carboxylic acids is 2. The Hall–Kier alpha value is -4.89. The molecule has 0 aromatic carbocycles. The Morgan fingerprint density at radius 2 is 0.515 bits per heavy atom. The van der Waals surface area contributed by atoms with Crippen LogP contribution >= 0.6 is 7.82 Å². The molecular weight excluding hydrogens is 1270 g/mol. The summed E-state index contributed by atoms with van der Waals surface area (Å²) in [4.78, 5) is 35.5. The van der Waals surface area contributed by atoms with Crippen LogP contribution in [-0.4, -0.2) is 49.3 Å². The second kappa shape index (κ2) is 84.1. The second-order valence-electron chi connectivity index (χ2n) is 26.9. The number of hydrogen-bond donors (Lipinski definition) is 2. The van der Waals surface area contributed by atoms with E-state index in [1.54, 1.807) is 0 Å². The predicted octanol–water partition coefficient (Wildman–Crippen LogP) is 28.2. The SMILES string of the molecule is CC/C=C\C/C=C\C/C=C\C/C=C\C/C=C\C/C=C\C/C=C\C/C=C\CCCCCCCCCCCCCCCCC(=O)OC(COC(=O)CCCCCCCCCCCCCCCCCCCCC/C=C\C/C=C\C/C=C\C/C=C\C/C=C\C/C=C\C/C=C\CC)COP(=O)(O)OCCN. The van der Waals surface area contributed by atoms with Gasteiger partial charge in [0.25, 0.3) is 0 Å². The monoisotopic (exact) mass is 1420 g/mol. The van der Waals surface area contributed by atoms with Crippen molar-refractivity contribution in [3.05, 3.63) is 182 Å². The second-order valence-corrected chi connectivity index (χ2v) is 28.3. The third kappa shape index (κ3) is 83.9. The van der Waals surface area contributed by atoms with Crippen LogP contribution in [0.2, 0.25) is 0 Å². The first-order chi connectivity index (χ1) is 49.8. The van der Waals surface area contributed by atoms with E-state index in [9.17, 15) is 19.0 Å². The van der Waals surface area contributed by atoms with E-state index >= 15 is 0 Å². The van der Waals surface area contributed by atoms with E-state index in [2.05, 4.69) is 196 Å². The van der Waals surface area contributed by atoms with Gasteiger partial charge >= 0.3 is 19.8 Å². The lowest BCUT2D eigenvalue weighted by molar-refractivity contribution is -0.161. The fraction of sp³-hybridized carbons (Fsp3) is 0.648. The first kappa shape index (κ1) is 96.1. The van der Waals surface area contributed by atoms with Crippen LogP contribution in [-0.2, 0) is 32.7 Å². The highest BCUT2D eigenvalue weighted by atomic mass is 31.2. The number of unbranched alkanes of at least 4 members (excludes halogenated alkanes) is 33. The molecule has 0 saturated heterocycles. The Balaban J connectivity index is 3.84. The largest absolute Gasteiger partial charge is 0.472 e. The summed E-state index contributed by atoms with van der Waals surface area (Å²) >= 11 is 0. The van der Waals surface area contributed by atoms with Crippen molar-refractivity contribution in [3.63, 3.8) is 0 Å². The lowest BCUT2D eigenvalue weighted by Gasteiger charge is -2.19. The molecule has 9 nitrogen and oxygen atoms in total. The van der Waals surface area contributed by atoms with Gasteiger partial charge in [0.1, 0.15) is 6.61 Å². The zero-order valence-corrected chi connectivity index (χ0v) is 65.7. The van der Waals surface area contributed by atoms with Gasteiger partial charge in [-0.3, -0.25) is 18.6 Å². The van der Waals surface area contributed by atoms with E-state index in [-0.39, 0.29) is 38.6 Å². The molecule has 0 aliphatic carbocycles. The average molecular weight is 1420 g/mol. The minimum atomic E-state index is -4.41. The van der Waals surface area contributed by atoms with Crippen LogP contribution in [0.4, 0.5) is 0 Å². The van der Waals surface area contributed by atoms with Crippen molar-refractivity contribution < 1.29 is 37.6 Å². The van der Waals surface area contributed by atoms with Crippen LogP contribution < -0.4 is 5.73 Å². The highest BCUT2D eigenvalue weighted by Crippen LogP contribution is 2.43.